The Balaban J connectivity index is 1.70. The van der Waals surface area contributed by atoms with Crippen LogP contribution in [-0.2, 0) is 11.2 Å². The van der Waals surface area contributed by atoms with Gasteiger partial charge in [0.1, 0.15) is 0 Å². The lowest BCUT2D eigenvalue weighted by Gasteiger charge is -2.35. The fourth-order valence-corrected chi connectivity index (χ4v) is 4.34. The lowest BCUT2D eigenvalue weighted by atomic mass is 9.94. The maximum atomic E-state index is 13.1. The molecule has 0 spiro atoms. The number of amides is 2. The predicted octanol–water partition coefficient (Wildman–Crippen LogP) is 6.27. The van der Waals surface area contributed by atoms with E-state index < -0.39 is 6.04 Å². The Morgan fingerprint density at radius 3 is 2.66 bits per heavy atom. The Morgan fingerprint density at radius 1 is 1.20 bits per heavy atom. The van der Waals surface area contributed by atoms with E-state index in [9.17, 15) is 4.79 Å². The molecule has 0 radical (unpaired) electrons. The molecule has 2 heterocycles. The van der Waals surface area contributed by atoms with Gasteiger partial charge in [0, 0.05) is 29.4 Å². The number of benzene rings is 2. The Labute approximate surface area is 211 Å². The zero-order valence-electron chi connectivity index (χ0n) is 20.5. The smallest absolute Gasteiger partial charge is 0.322 e. The summed E-state index contributed by atoms with van der Waals surface area (Å²) in [5, 5.41) is 7.93. The first kappa shape index (κ1) is 24.9. The molecule has 184 valence electrons. The van der Waals surface area contributed by atoms with Crippen molar-refractivity contribution in [1.82, 2.24) is 20.4 Å². The number of ether oxygens (including phenoxy) is 1. The normalized spacial score (nSPS) is 16.2. The molecular formula is C27H31ClN4O3. The zero-order chi connectivity index (χ0) is 24.9. The van der Waals surface area contributed by atoms with Gasteiger partial charge in [-0.2, -0.15) is 4.98 Å². The number of aryl methyl sites for hydroxylation is 1. The molecule has 1 aromatic heterocycles. The van der Waals surface area contributed by atoms with Crippen LogP contribution in [-0.4, -0.2) is 40.3 Å². The van der Waals surface area contributed by atoms with Crippen molar-refractivity contribution in [1.29, 1.82) is 0 Å². The van der Waals surface area contributed by atoms with E-state index in [0.717, 1.165) is 28.8 Å². The molecule has 1 atom stereocenters. The molecular weight excluding hydrogens is 464 g/mol. The van der Waals surface area contributed by atoms with Crippen LogP contribution in [0.2, 0.25) is 5.02 Å². The number of aromatic nitrogens is 2. The molecule has 1 unspecified atom stereocenters. The second-order valence-electron chi connectivity index (χ2n) is 8.83. The zero-order valence-corrected chi connectivity index (χ0v) is 21.3. The van der Waals surface area contributed by atoms with E-state index in [2.05, 4.69) is 29.5 Å². The SMILES string of the molecule is CCc1ccc(-c2noc(C3=C(C)N(CCCOC(C)C)C(=O)NC3c3cccc(Cl)c3)n2)cc1. The highest BCUT2D eigenvalue weighted by atomic mass is 35.5. The average molecular weight is 495 g/mol. The number of urea groups is 1. The molecule has 4 rings (SSSR count). The van der Waals surface area contributed by atoms with Gasteiger partial charge in [-0.1, -0.05) is 60.1 Å². The molecule has 35 heavy (non-hydrogen) atoms. The van der Waals surface area contributed by atoms with Crippen LogP contribution in [0.15, 0.2) is 58.8 Å². The lowest BCUT2D eigenvalue weighted by Crippen LogP contribution is -2.46. The Bertz CT molecular complexity index is 1200. The van der Waals surface area contributed by atoms with E-state index in [1.807, 2.05) is 51.1 Å². The van der Waals surface area contributed by atoms with Crippen LogP contribution >= 0.6 is 11.6 Å². The highest BCUT2D eigenvalue weighted by molar-refractivity contribution is 6.30. The summed E-state index contributed by atoms with van der Waals surface area (Å²) in [5.41, 5.74) is 4.47. The first-order chi connectivity index (χ1) is 16.9. The van der Waals surface area contributed by atoms with E-state index in [4.69, 9.17) is 25.8 Å². The Kier molecular flexibility index (Phi) is 7.88. The topological polar surface area (TPSA) is 80.5 Å². The Hall–Kier alpha value is -3.16. The minimum absolute atomic E-state index is 0.146. The molecule has 0 aliphatic carbocycles. The second kappa shape index (κ2) is 11.1. The summed E-state index contributed by atoms with van der Waals surface area (Å²) in [6.45, 7) is 9.10. The number of carbonyl (C=O) groups is 1. The number of hydrogen-bond acceptors (Lipinski definition) is 5. The molecule has 3 aromatic rings. The third-order valence-corrected chi connectivity index (χ3v) is 6.27. The summed E-state index contributed by atoms with van der Waals surface area (Å²) in [7, 11) is 0. The molecule has 0 fully saturated rings. The lowest BCUT2D eigenvalue weighted by molar-refractivity contribution is 0.0736. The Morgan fingerprint density at radius 2 is 1.97 bits per heavy atom. The quantitative estimate of drug-likeness (QED) is 0.355. The summed E-state index contributed by atoms with van der Waals surface area (Å²) in [6, 6.07) is 14.9. The first-order valence-corrected chi connectivity index (χ1v) is 12.3. The molecule has 8 heteroatoms. The van der Waals surface area contributed by atoms with Crippen molar-refractivity contribution < 1.29 is 14.1 Å². The van der Waals surface area contributed by atoms with Crippen molar-refractivity contribution in [2.24, 2.45) is 0 Å². The number of rotatable bonds is 9. The maximum Gasteiger partial charge on any atom is 0.322 e. The van der Waals surface area contributed by atoms with Gasteiger partial charge in [-0.05, 0) is 56.9 Å². The number of halogens is 1. The summed E-state index contributed by atoms with van der Waals surface area (Å²) >= 11 is 6.27. The third-order valence-electron chi connectivity index (χ3n) is 6.03. The largest absolute Gasteiger partial charge is 0.379 e. The van der Waals surface area contributed by atoms with Crippen LogP contribution in [0.1, 0.15) is 57.2 Å². The van der Waals surface area contributed by atoms with Gasteiger partial charge < -0.3 is 14.6 Å². The molecule has 1 aliphatic rings. The van der Waals surface area contributed by atoms with Gasteiger partial charge in [-0.3, -0.25) is 4.90 Å². The predicted molar refractivity (Wildman–Crippen MR) is 137 cm³/mol. The van der Waals surface area contributed by atoms with Gasteiger partial charge in [0.15, 0.2) is 0 Å². The van der Waals surface area contributed by atoms with Gasteiger partial charge in [0.2, 0.25) is 5.82 Å². The molecule has 1 N–H and O–H groups in total. The monoisotopic (exact) mass is 494 g/mol. The minimum Gasteiger partial charge on any atom is -0.379 e. The minimum atomic E-state index is -0.472. The first-order valence-electron chi connectivity index (χ1n) is 12.0. The maximum absolute atomic E-state index is 13.1. The van der Waals surface area contributed by atoms with Crippen LogP contribution in [0.3, 0.4) is 0 Å². The van der Waals surface area contributed by atoms with E-state index in [1.54, 1.807) is 11.0 Å². The van der Waals surface area contributed by atoms with Gasteiger partial charge in [-0.15, -0.1) is 0 Å². The van der Waals surface area contributed by atoms with E-state index in [-0.39, 0.29) is 12.1 Å². The van der Waals surface area contributed by atoms with Crippen molar-refractivity contribution in [3.8, 4) is 11.4 Å². The molecule has 0 saturated heterocycles. The van der Waals surface area contributed by atoms with Crippen LogP contribution in [0.5, 0.6) is 0 Å². The summed E-state index contributed by atoms with van der Waals surface area (Å²) in [6.07, 6.45) is 1.81. The van der Waals surface area contributed by atoms with E-state index in [1.165, 1.54) is 5.56 Å². The molecule has 7 nitrogen and oxygen atoms in total. The summed E-state index contributed by atoms with van der Waals surface area (Å²) < 4.78 is 11.4. The number of hydrogen-bond donors (Lipinski definition) is 1. The highest BCUT2D eigenvalue weighted by Crippen LogP contribution is 2.38. The molecule has 2 aromatic carbocycles. The molecule has 1 aliphatic heterocycles. The fourth-order valence-electron chi connectivity index (χ4n) is 4.15. The molecule has 0 bridgehead atoms. The third kappa shape index (κ3) is 5.74. The van der Waals surface area contributed by atoms with Crippen molar-refractivity contribution in [3.05, 3.63) is 76.3 Å². The van der Waals surface area contributed by atoms with E-state index in [0.29, 0.717) is 36.3 Å². The molecule has 0 saturated carbocycles. The number of nitrogens with zero attached hydrogens (tertiary/aromatic N) is 3. The van der Waals surface area contributed by atoms with Crippen LogP contribution in [0.25, 0.3) is 17.0 Å². The standard InChI is InChI=1S/C27H31ClN4O3/c1-5-19-10-12-20(13-11-19)25-30-26(35-31-25)23-18(4)32(14-7-15-34-17(2)3)27(33)29-24(23)21-8-6-9-22(28)16-21/h6,8-13,16-17,24H,5,7,14-15H2,1-4H3,(H,29,33). The van der Waals surface area contributed by atoms with Crippen molar-refractivity contribution in [2.75, 3.05) is 13.2 Å². The van der Waals surface area contributed by atoms with Gasteiger partial charge in [-0.25, -0.2) is 4.79 Å². The van der Waals surface area contributed by atoms with Gasteiger partial charge >= 0.3 is 6.03 Å². The number of carbonyl (C=O) groups excluding carboxylic acids is 1. The fraction of sp³-hybridized carbons (Fsp3) is 0.370. The van der Waals surface area contributed by atoms with Crippen molar-refractivity contribution >= 4 is 23.2 Å². The summed E-state index contributed by atoms with van der Waals surface area (Å²) in [5.74, 6) is 0.868. The van der Waals surface area contributed by atoms with Gasteiger partial charge in [0.25, 0.3) is 5.89 Å². The second-order valence-corrected chi connectivity index (χ2v) is 9.27. The number of nitrogens with one attached hydrogen (secondary N) is 1. The van der Waals surface area contributed by atoms with Crippen LogP contribution in [0, 0.1) is 0 Å². The average Bonchev–Trinajstić information content (AvgIpc) is 3.32. The van der Waals surface area contributed by atoms with Crippen molar-refractivity contribution in [2.45, 2.75) is 52.7 Å². The number of allylic oxidation sites excluding steroid dienone is 1. The van der Waals surface area contributed by atoms with Crippen LogP contribution in [0.4, 0.5) is 4.79 Å². The molecule has 2 amide bonds. The highest BCUT2D eigenvalue weighted by Gasteiger charge is 2.35. The van der Waals surface area contributed by atoms with E-state index >= 15 is 0 Å². The van der Waals surface area contributed by atoms with Crippen LogP contribution < -0.4 is 5.32 Å². The summed E-state index contributed by atoms with van der Waals surface area (Å²) in [4.78, 5) is 19.5. The van der Waals surface area contributed by atoms with Crippen molar-refractivity contribution in [3.63, 3.8) is 0 Å². The van der Waals surface area contributed by atoms with Gasteiger partial charge in [0.05, 0.1) is 17.7 Å².